The lowest BCUT2D eigenvalue weighted by Crippen LogP contribution is -2.74. The zero-order chi connectivity index (χ0) is 11.2. The van der Waals surface area contributed by atoms with Gasteiger partial charge in [0, 0.05) is 19.8 Å². The summed E-state index contributed by atoms with van der Waals surface area (Å²) >= 11 is 0. The highest BCUT2D eigenvalue weighted by Crippen LogP contribution is 2.42. The molecule has 0 radical (unpaired) electrons. The first-order valence-electron chi connectivity index (χ1n) is 5.25. The summed E-state index contributed by atoms with van der Waals surface area (Å²) in [7, 11) is 1.85. The Kier molecular flexibility index (Phi) is 2.53. The van der Waals surface area contributed by atoms with Gasteiger partial charge < -0.3 is 5.11 Å². The summed E-state index contributed by atoms with van der Waals surface area (Å²) in [4.78, 5) is 11.8. The lowest BCUT2D eigenvalue weighted by Gasteiger charge is -2.55. The molecule has 0 spiro atoms. The largest absolute Gasteiger partial charge is 0.342 e. The molecule has 1 aliphatic heterocycles. The molecule has 0 aromatic heterocycles. The number of carbonyl (C=O) groups is 1. The fourth-order valence-corrected chi connectivity index (χ4v) is 2.72. The first-order valence-corrected chi connectivity index (χ1v) is 5.25. The lowest BCUT2D eigenvalue weighted by atomic mass is 9.81. The van der Waals surface area contributed by atoms with Crippen LogP contribution in [0.1, 0.15) is 47.0 Å². The third-order valence-corrected chi connectivity index (χ3v) is 4.24. The Labute approximate surface area is 86.3 Å². The van der Waals surface area contributed by atoms with Crippen LogP contribution < -0.4 is 0 Å². The molecule has 0 saturated carbocycles. The van der Waals surface area contributed by atoms with E-state index in [1.165, 1.54) is 0 Å². The zero-order valence-corrected chi connectivity index (χ0v) is 9.92. The van der Waals surface area contributed by atoms with Crippen LogP contribution in [0.5, 0.6) is 0 Å². The first-order chi connectivity index (χ1) is 6.15. The first kappa shape index (κ1) is 11.7. The molecule has 2 unspecified atom stereocenters. The number of hydrogen-bond acceptors (Lipinski definition) is 2. The van der Waals surface area contributed by atoms with Gasteiger partial charge in [0.1, 0.15) is 5.54 Å². The van der Waals surface area contributed by atoms with Crippen molar-refractivity contribution in [1.29, 1.82) is 0 Å². The molecule has 0 bridgehead atoms. The van der Waals surface area contributed by atoms with E-state index in [9.17, 15) is 9.90 Å². The van der Waals surface area contributed by atoms with Crippen LogP contribution in [0.25, 0.3) is 0 Å². The molecule has 1 fully saturated rings. The van der Waals surface area contributed by atoms with Crippen LogP contribution >= 0.6 is 0 Å². The molecule has 3 nitrogen and oxygen atoms in total. The maximum Gasteiger partial charge on any atom is 0.313 e. The van der Waals surface area contributed by atoms with Gasteiger partial charge in [-0.1, -0.05) is 0 Å². The number of quaternary nitrogens is 1. The molecule has 1 heterocycles. The number of carbonyl (C=O) groups excluding carboxylic acids is 1. The van der Waals surface area contributed by atoms with Gasteiger partial charge in [0.15, 0.2) is 0 Å². The molecule has 0 aliphatic carbocycles. The summed E-state index contributed by atoms with van der Waals surface area (Å²) in [5.74, 6) is 0.0414. The second-order valence-electron chi connectivity index (χ2n) is 5.41. The monoisotopic (exact) mass is 200 g/mol. The number of rotatable bonds is 0. The van der Waals surface area contributed by atoms with Gasteiger partial charge in [-0.25, -0.2) is 9.28 Å². The van der Waals surface area contributed by atoms with Crippen LogP contribution in [0.2, 0.25) is 0 Å². The highest BCUT2D eigenvalue weighted by Gasteiger charge is 2.58. The van der Waals surface area contributed by atoms with Gasteiger partial charge in [0.2, 0.25) is 5.72 Å². The quantitative estimate of drug-likeness (QED) is 0.604. The Morgan fingerprint density at radius 2 is 1.79 bits per heavy atom. The highest BCUT2D eigenvalue weighted by molar-refractivity contribution is 5.66. The van der Waals surface area contributed by atoms with Crippen molar-refractivity contribution in [3.05, 3.63) is 0 Å². The fourth-order valence-electron chi connectivity index (χ4n) is 2.72. The van der Waals surface area contributed by atoms with E-state index in [0.29, 0.717) is 6.42 Å². The summed E-state index contributed by atoms with van der Waals surface area (Å²) in [6.07, 6.45) is 2.67. The van der Waals surface area contributed by atoms with Crippen molar-refractivity contribution < 1.29 is 14.4 Å². The maximum atomic E-state index is 11.8. The zero-order valence-electron chi connectivity index (χ0n) is 9.92. The number of likely N-dealkylation sites (tertiary alicyclic amines) is 1. The van der Waals surface area contributed by atoms with Crippen molar-refractivity contribution >= 4 is 5.91 Å². The molecule has 1 amide bonds. The summed E-state index contributed by atoms with van der Waals surface area (Å²) in [6, 6.07) is 0. The predicted octanol–water partition coefficient (Wildman–Crippen LogP) is 1.65. The van der Waals surface area contributed by atoms with Crippen LogP contribution in [0.3, 0.4) is 0 Å². The van der Waals surface area contributed by atoms with Crippen LogP contribution in [-0.2, 0) is 4.79 Å². The predicted molar refractivity (Wildman–Crippen MR) is 55.4 cm³/mol. The minimum Gasteiger partial charge on any atom is -0.342 e. The number of amides is 1. The van der Waals surface area contributed by atoms with Gasteiger partial charge in [0.25, 0.3) is 0 Å². The molecule has 82 valence electrons. The van der Waals surface area contributed by atoms with E-state index < -0.39 is 5.72 Å². The molecule has 1 saturated heterocycles. The van der Waals surface area contributed by atoms with Crippen LogP contribution in [-0.4, -0.2) is 33.8 Å². The van der Waals surface area contributed by atoms with E-state index in [1.54, 1.807) is 13.8 Å². The molecular weight excluding hydrogens is 178 g/mol. The third kappa shape index (κ3) is 1.30. The standard InChI is InChI=1S/C11H22NO2/c1-9(13)12(5)10(2,3)7-6-8-11(12,4)14/h14H,6-8H2,1-5H3/q+1. The average Bonchev–Trinajstić information content (AvgIpc) is 1.98. The molecule has 1 aliphatic rings. The van der Waals surface area contributed by atoms with Crippen LogP contribution in [0.4, 0.5) is 0 Å². The van der Waals surface area contributed by atoms with Gasteiger partial charge in [-0.15, -0.1) is 0 Å². The van der Waals surface area contributed by atoms with E-state index in [1.807, 2.05) is 7.05 Å². The van der Waals surface area contributed by atoms with Crippen LogP contribution in [0.15, 0.2) is 0 Å². The van der Waals surface area contributed by atoms with E-state index in [2.05, 4.69) is 13.8 Å². The van der Waals surface area contributed by atoms with Crippen molar-refractivity contribution in [2.75, 3.05) is 7.05 Å². The Balaban J connectivity index is 3.22. The molecule has 2 atom stereocenters. The average molecular weight is 200 g/mol. The van der Waals surface area contributed by atoms with E-state index in [4.69, 9.17) is 0 Å². The van der Waals surface area contributed by atoms with Crippen molar-refractivity contribution in [2.24, 2.45) is 0 Å². The minimum atomic E-state index is -0.923. The van der Waals surface area contributed by atoms with Crippen molar-refractivity contribution in [1.82, 2.24) is 0 Å². The van der Waals surface area contributed by atoms with E-state index in [-0.39, 0.29) is 15.9 Å². The van der Waals surface area contributed by atoms with Crippen molar-refractivity contribution in [3.8, 4) is 0 Å². The number of aliphatic hydroxyl groups is 1. The molecule has 0 aromatic rings. The van der Waals surface area contributed by atoms with Crippen molar-refractivity contribution in [2.45, 2.75) is 58.2 Å². The Hall–Kier alpha value is -0.410. The summed E-state index contributed by atoms with van der Waals surface area (Å²) in [5, 5.41) is 10.4. The van der Waals surface area contributed by atoms with Crippen molar-refractivity contribution in [3.63, 3.8) is 0 Å². The maximum absolute atomic E-state index is 11.8. The highest BCUT2D eigenvalue weighted by atomic mass is 16.3. The molecule has 3 heteroatoms. The Morgan fingerprint density at radius 1 is 1.29 bits per heavy atom. The third-order valence-electron chi connectivity index (χ3n) is 4.24. The minimum absolute atomic E-state index is 0.0414. The normalized spacial score (nSPS) is 42.1. The number of piperidine rings is 1. The smallest absolute Gasteiger partial charge is 0.313 e. The van der Waals surface area contributed by atoms with Gasteiger partial charge in [0.05, 0.1) is 14.0 Å². The SMILES string of the molecule is CC(=O)[N+]1(C)C(C)(C)CCCC1(C)O. The molecule has 0 aromatic carbocycles. The molecule has 14 heavy (non-hydrogen) atoms. The second kappa shape index (κ2) is 3.04. The van der Waals surface area contributed by atoms with E-state index in [0.717, 1.165) is 12.8 Å². The van der Waals surface area contributed by atoms with Gasteiger partial charge >= 0.3 is 5.91 Å². The summed E-state index contributed by atoms with van der Waals surface area (Å²) < 4.78 is 0.125. The van der Waals surface area contributed by atoms with Gasteiger partial charge in [-0.05, 0) is 20.3 Å². The number of hydrogen-bond donors (Lipinski definition) is 1. The Morgan fingerprint density at radius 3 is 2.07 bits per heavy atom. The summed E-state index contributed by atoms with van der Waals surface area (Å²) in [5.41, 5.74) is -1.10. The molecule has 1 N–H and O–H groups in total. The second-order valence-corrected chi connectivity index (χ2v) is 5.41. The van der Waals surface area contributed by atoms with E-state index >= 15 is 0 Å². The van der Waals surface area contributed by atoms with Gasteiger partial charge in [-0.3, -0.25) is 0 Å². The summed E-state index contributed by atoms with van der Waals surface area (Å²) in [6.45, 7) is 7.46. The van der Waals surface area contributed by atoms with Gasteiger partial charge in [-0.2, -0.15) is 0 Å². The molecule has 1 rings (SSSR count). The van der Waals surface area contributed by atoms with Crippen LogP contribution in [0, 0.1) is 0 Å². The molecular formula is C11H22NO2+. The topological polar surface area (TPSA) is 37.3 Å². The lowest BCUT2D eigenvalue weighted by molar-refractivity contribution is -0.962. The fraction of sp³-hybridized carbons (Fsp3) is 0.909. The Bertz CT molecular complexity index is 240. The number of nitrogens with zero attached hydrogens (tertiary/aromatic N) is 1.